The topological polar surface area (TPSA) is 99.8 Å². The molecule has 1 saturated heterocycles. The Kier molecular flexibility index (Phi) is 10.4. The monoisotopic (exact) mass is 500 g/mol. The summed E-state index contributed by atoms with van der Waals surface area (Å²) in [5.41, 5.74) is 0.440. The van der Waals surface area contributed by atoms with E-state index in [0.717, 1.165) is 23.6 Å². The summed E-state index contributed by atoms with van der Waals surface area (Å²) < 4.78 is 5.44. The van der Waals surface area contributed by atoms with E-state index >= 15 is 0 Å². The van der Waals surface area contributed by atoms with Crippen molar-refractivity contribution in [2.75, 3.05) is 27.2 Å². The van der Waals surface area contributed by atoms with Gasteiger partial charge in [0.15, 0.2) is 0 Å². The fourth-order valence-corrected chi connectivity index (χ4v) is 4.16. The Labute approximate surface area is 212 Å². The summed E-state index contributed by atoms with van der Waals surface area (Å²) in [5.74, 6) is 2.19. The van der Waals surface area contributed by atoms with Gasteiger partial charge < -0.3 is 25.6 Å². The molecule has 0 unspecified atom stereocenters. The van der Waals surface area contributed by atoms with Gasteiger partial charge in [-0.3, -0.25) is 14.4 Å². The zero-order valence-electron chi connectivity index (χ0n) is 20.3. The van der Waals surface area contributed by atoms with Gasteiger partial charge in [-0.1, -0.05) is 24.3 Å². The first kappa shape index (κ1) is 28.0. The second-order valence-electron chi connectivity index (χ2n) is 8.42. The second-order valence-corrected chi connectivity index (χ2v) is 8.42. The summed E-state index contributed by atoms with van der Waals surface area (Å²) in [7, 11) is 3.21. The molecule has 188 valence electrons. The van der Waals surface area contributed by atoms with Crippen LogP contribution in [0.1, 0.15) is 36.5 Å². The largest absolute Gasteiger partial charge is 0.496 e. The number of halogens is 1. The zero-order valence-corrected chi connectivity index (χ0v) is 21.1. The fourth-order valence-electron chi connectivity index (χ4n) is 4.16. The van der Waals surface area contributed by atoms with Crippen LogP contribution in [0.5, 0.6) is 5.75 Å². The van der Waals surface area contributed by atoms with Crippen LogP contribution in [0.15, 0.2) is 36.4 Å². The van der Waals surface area contributed by atoms with Gasteiger partial charge in [-0.15, -0.1) is 24.8 Å². The number of hydrogen-bond donors (Lipinski definition) is 3. The summed E-state index contributed by atoms with van der Waals surface area (Å²) in [6, 6.07) is 9.98. The van der Waals surface area contributed by atoms with Crippen LogP contribution in [-0.4, -0.2) is 68.0 Å². The molecule has 0 bridgehead atoms. The van der Waals surface area contributed by atoms with Crippen LogP contribution in [0, 0.1) is 12.3 Å². The van der Waals surface area contributed by atoms with E-state index in [1.165, 1.54) is 7.11 Å². The number of likely N-dealkylation sites (N-methyl/N-ethyl adjacent to an activating group) is 1. The van der Waals surface area contributed by atoms with E-state index in [4.69, 9.17) is 11.2 Å². The third kappa shape index (κ3) is 6.65. The number of methoxy groups -OCH3 is 1. The third-order valence-corrected chi connectivity index (χ3v) is 6.23. The number of likely N-dealkylation sites (tertiary alicyclic amines) is 1. The van der Waals surface area contributed by atoms with Crippen LogP contribution < -0.4 is 20.7 Å². The number of nitrogens with zero attached hydrogens (tertiary/aromatic N) is 1. The molecule has 1 heterocycles. The number of rotatable bonds is 9. The van der Waals surface area contributed by atoms with Crippen molar-refractivity contribution >= 4 is 40.9 Å². The van der Waals surface area contributed by atoms with E-state index in [2.05, 4.69) is 21.9 Å². The smallest absolute Gasteiger partial charge is 0.255 e. The third-order valence-electron chi connectivity index (χ3n) is 6.23. The van der Waals surface area contributed by atoms with E-state index in [1.807, 2.05) is 36.4 Å². The summed E-state index contributed by atoms with van der Waals surface area (Å²) in [5, 5.41) is 10.5. The highest BCUT2D eigenvalue weighted by atomic mass is 35.5. The van der Waals surface area contributed by atoms with Gasteiger partial charge in [0.2, 0.25) is 11.8 Å². The molecule has 0 spiro atoms. The Morgan fingerprint density at radius 1 is 1.23 bits per heavy atom. The van der Waals surface area contributed by atoms with Crippen molar-refractivity contribution in [3.63, 3.8) is 0 Å². The van der Waals surface area contributed by atoms with Crippen LogP contribution in [0.3, 0.4) is 0 Å². The predicted octanol–water partition coefficient (Wildman–Crippen LogP) is 2.11. The maximum Gasteiger partial charge on any atom is 0.255 e. The number of ether oxygens (including phenoxy) is 1. The molecule has 8 nitrogen and oxygen atoms in total. The molecule has 0 radical (unpaired) electrons. The van der Waals surface area contributed by atoms with E-state index in [0.29, 0.717) is 24.4 Å². The highest BCUT2D eigenvalue weighted by Crippen LogP contribution is 2.26. The first-order valence-corrected chi connectivity index (χ1v) is 11.5. The van der Waals surface area contributed by atoms with E-state index in [-0.39, 0.29) is 42.6 Å². The Bertz CT molecular complexity index is 1100. The van der Waals surface area contributed by atoms with Crippen molar-refractivity contribution in [2.24, 2.45) is 0 Å². The molecule has 0 aliphatic carbocycles. The lowest BCUT2D eigenvalue weighted by Gasteiger charge is -2.29. The number of nitrogens with one attached hydrogen (secondary N) is 3. The molecule has 1 fully saturated rings. The number of fused-ring (bicyclic) bond motifs is 1. The molecule has 2 aromatic rings. The minimum atomic E-state index is -0.801. The van der Waals surface area contributed by atoms with Crippen LogP contribution >= 0.6 is 12.4 Å². The zero-order chi connectivity index (χ0) is 24.7. The lowest BCUT2D eigenvalue weighted by atomic mass is 10.0. The predicted molar refractivity (Wildman–Crippen MR) is 139 cm³/mol. The summed E-state index contributed by atoms with van der Waals surface area (Å²) in [4.78, 5) is 40.2. The van der Waals surface area contributed by atoms with Gasteiger partial charge in [0.05, 0.1) is 18.7 Å². The summed E-state index contributed by atoms with van der Waals surface area (Å²) in [6.07, 6.45) is 7.13. The van der Waals surface area contributed by atoms with Crippen molar-refractivity contribution in [3.8, 4) is 18.1 Å². The van der Waals surface area contributed by atoms with Gasteiger partial charge in [-0.05, 0) is 49.7 Å². The van der Waals surface area contributed by atoms with Crippen LogP contribution in [0.2, 0.25) is 0 Å². The van der Waals surface area contributed by atoms with Crippen LogP contribution in [0.25, 0.3) is 10.8 Å². The van der Waals surface area contributed by atoms with Crippen LogP contribution in [-0.2, 0) is 9.59 Å². The molecule has 9 heteroatoms. The van der Waals surface area contributed by atoms with Crippen molar-refractivity contribution in [1.82, 2.24) is 20.9 Å². The normalized spacial score (nSPS) is 16.5. The summed E-state index contributed by atoms with van der Waals surface area (Å²) >= 11 is 0. The first-order valence-electron chi connectivity index (χ1n) is 11.5. The molecular formula is C26H33ClN4O4. The lowest BCUT2D eigenvalue weighted by Crippen LogP contribution is -2.54. The average molecular weight is 501 g/mol. The van der Waals surface area contributed by atoms with Crippen molar-refractivity contribution in [2.45, 2.75) is 44.3 Å². The highest BCUT2D eigenvalue weighted by Gasteiger charge is 2.34. The second kappa shape index (κ2) is 13.0. The molecule has 0 saturated carbocycles. The SMILES string of the molecule is C#CC[C@H](NC(=O)[C@H](C)NC)C(=O)N1CCC[C@H]1CNC(=O)c1cc2ccccc2cc1OC.Cl. The standard InChI is InChI=1S/C26H32N4O4.ClH/c1-5-9-22(29-24(31)17(2)27-3)26(33)30-13-8-12-20(30)16-28-25(32)21-14-18-10-6-7-11-19(18)15-23(21)34-4;/h1,6-7,10-11,14-15,17,20,22,27H,8-9,12-13,16H2,2-4H3,(H,28,32)(H,29,31);1H/t17-,20-,22-;/m0./s1. The average Bonchev–Trinajstić information content (AvgIpc) is 3.33. The van der Waals surface area contributed by atoms with Crippen molar-refractivity contribution < 1.29 is 19.1 Å². The number of amides is 3. The minimum absolute atomic E-state index is 0. The number of carbonyl (C=O) groups is 3. The Morgan fingerprint density at radius 3 is 2.54 bits per heavy atom. The molecule has 3 rings (SSSR count). The van der Waals surface area contributed by atoms with Gasteiger partial charge >= 0.3 is 0 Å². The molecule has 1 aliphatic rings. The van der Waals surface area contributed by atoms with Crippen molar-refractivity contribution in [3.05, 3.63) is 42.0 Å². The molecule has 3 atom stereocenters. The molecule has 35 heavy (non-hydrogen) atoms. The first-order chi connectivity index (χ1) is 16.4. The lowest BCUT2D eigenvalue weighted by molar-refractivity contribution is -0.137. The molecule has 1 aliphatic heterocycles. The highest BCUT2D eigenvalue weighted by molar-refractivity contribution is 6.01. The molecule has 2 aromatic carbocycles. The molecule has 3 amide bonds. The molecular weight excluding hydrogens is 468 g/mol. The Balaban J connectivity index is 0.00000432. The molecule has 0 aromatic heterocycles. The maximum absolute atomic E-state index is 13.2. The molecule has 3 N–H and O–H groups in total. The minimum Gasteiger partial charge on any atom is -0.496 e. The Hall–Kier alpha value is -3.28. The fraction of sp³-hybridized carbons (Fsp3) is 0.423. The van der Waals surface area contributed by atoms with E-state index in [1.54, 1.807) is 18.9 Å². The number of terminal acetylenes is 1. The van der Waals surface area contributed by atoms with Crippen molar-refractivity contribution in [1.29, 1.82) is 0 Å². The maximum atomic E-state index is 13.2. The van der Waals surface area contributed by atoms with Gasteiger partial charge in [-0.2, -0.15) is 0 Å². The summed E-state index contributed by atoms with van der Waals surface area (Å²) in [6.45, 7) is 2.56. The van der Waals surface area contributed by atoms with Gasteiger partial charge in [0, 0.05) is 25.6 Å². The van der Waals surface area contributed by atoms with Gasteiger partial charge in [0.1, 0.15) is 11.8 Å². The number of benzene rings is 2. The Morgan fingerprint density at radius 2 is 1.91 bits per heavy atom. The number of carbonyl (C=O) groups excluding carboxylic acids is 3. The van der Waals surface area contributed by atoms with Crippen LogP contribution in [0.4, 0.5) is 0 Å². The van der Waals surface area contributed by atoms with E-state index in [9.17, 15) is 14.4 Å². The quantitative estimate of drug-likeness (QED) is 0.458. The van der Waals surface area contributed by atoms with E-state index < -0.39 is 12.1 Å². The number of hydrogen-bond acceptors (Lipinski definition) is 5. The van der Waals surface area contributed by atoms with Gasteiger partial charge in [-0.25, -0.2) is 0 Å². The van der Waals surface area contributed by atoms with Gasteiger partial charge in [0.25, 0.3) is 5.91 Å².